The second-order valence-corrected chi connectivity index (χ2v) is 5.51. The molecule has 0 radical (unpaired) electrons. The van der Waals surface area contributed by atoms with Crippen LogP contribution in [-0.2, 0) is 11.3 Å². The molecule has 0 aliphatic rings. The third-order valence-electron chi connectivity index (χ3n) is 2.34. The summed E-state index contributed by atoms with van der Waals surface area (Å²) < 4.78 is 1.63. The molecule has 90 valence electrons. The van der Waals surface area contributed by atoms with E-state index in [0.29, 0.717) is 4.80 Å². The lowest BCUT2D eigenvalue weighted by Crippen LogP contribution is -2.31. The Balaban J connectivity index is 1.94. The minimum Gasteiger partial charge on any atom is -0.347 e. The van der Waals surface area contributed by atoms with Crippen LogP contribution in [0.2, 0.25) is 0 Å². The minimum atomic E-state index is -0.0669. The minimum absolute atomic E-state index is 0.0240. The Labute approximate surface area is 107 Å². The van der Waals surface area contributed by atoms with Crippen LogP contribution in [0.1, 0.15) is 17.8 Å². The molecule has 2 N–H and O–H groups in total. The Kier molecular flexibility index (Phi) is 3.75. The van der Waals surface area contributed by atoms with Gasteiger partial charge in [0.25, 0.3) is 0 Å². The van der Waals surface area contributed by atoms with E-state index in [-0.39, 0.29) is 18.5 Å². The van der Waals surface area contributed by atoms with Gasteiger partial charge in [-0.3, -0.25) is 10.2 Å². The molecular formula is C11H13N3OS2. The normalized spacial score (nSPS) is 12.3. The molecule has 1 amide bonds. The van der Waals surface area contributed by atoms with Crippen LogP contribution in [-0.4, -0.2) is 10.5 Å². The van der Waals surface area contributed by atoms with Crippen molar-refractivity contribution in [1.82, 2.24) is 9.88 Å². The molecule has 0 aromatic carbocycles. The molecule has 0 aliphatic carbocycles. The maximum atomic E-state index is 11.8. The van der Waals surface area contributed by atoms with E-state index < -0.39 is 0 Å². The zero-order valence-corrected chi connectivity index (χ0v) is 11.0. The van der Waals surface area contributed by atoms with E-state index in [1.165, 1.54) is 11.3 Å². The molecule has 2 aromatic heterocycles. The summed E-state index contributed by atoms with van der Waals surface area (Å²) in [5.41, 5.74) is 0. The van der Waals surface area contributed by atoms with Crippen LogP contribution in [0.5, 0.6) is 0 Å². The molecule has 2 rings (SSSR count). The summed E-state index contributed by atoms with van der Waals surface area (Å²) in [6.07, 6.45) is 1.75. The first kappa shape index (κ1) is 12.1. The van der Waals surface area contributed by atoms with Crippen LogP contribution in [0.15, 0.2) is 29.1 Å². The zero-order chi connectivity index (χ0) is 12.3. The smallest absolute Gasteiger partial charge is 0.240 e. The lowest BCUT2D eigenvalue weighted by Gasteiger charge is -2.12. The second kappa shape index (κ2) is 5.29. The fourth-order valence-electron chi connectivity index (χ4n) is 1.48. The standard InChI is InChI=1S/C11H13N3OS2/c1-8(9-3-2-5-16-9)13-10(15)7-14-4-6-17-11(14)12/h2-6,8,12H,7H2,1H3,(H,13,15)/t8-/m0/s1. The molecule has 2 heterocycles. The van der Waals surface area contributed by atoms with Gasteiger partial charge in [-0.15, -0.1) is 22.7 Å². The van der Waals surface area contributed by atoms with E-state index in [9.17, 15) is 4.79 Å². The van der Waals surface area contributed by atoms with Crippen LogP contribution >= 0.6 is 22.7 Å². The van der Waals surface area contributed by atoms with Crippen molar-refractivity contribution in [2.45, 2.75) is 19.5 Å². The maximum Gasteiger partial charge on any atom is 0.240 e. The number of amides is 1. The fourth-order valence-corrected chi connectivity index (χ4v) is 2.81. The molecule has 6 heteroatoms. The third-order valence-corrected chi connectivity index (χ3v) is 4.11. The van der Waals surface area contributed by atoms with Gasteiger partial charge in [0.2, 0.25) is 5.91 Å². The number of hydrogen-bond donors (Lipinski definition) is 2. The first-order valence-electron chi connectivity index (χ1n) is 5.18. The molecule has 4 nitrogen and oxygen atoms in total. The number of hydrogen-bond acceptors (Lipinski definition) is 4. The van der Waals surface area contributed by atoms with E-state index in [2.05, 4.69) is 5.32 Å². The van der Waals surface area contributed by atoms with Crippen LogP contribution in [0.4, 0.5) is 0 Å². The number of carbonyl (C=O) groups is 1. The predicted octanol–water partition coefficient (Wildman–Crippen LogP) is 1.97. The van der Waals surface area contributed by atoms with Crippen molar-refractivity contribution in [3.63, 3.8) is 0 Å². The molecular weight excluding hydrogens is 254 g/mol. The Bertz CT molecular complexity index is 541. The van der Waals surface area contributed by atoms with Gasteiger partial charge in [0.15, 0.2) is 4.80 Å². The third kappa shape index (κ3) is 3.04. The van der Waals surface area contributed by atoms with Crippen molar-refractivity contribution >= 4 is 28.6 Å². The van der Waals surface area contributed by atoms with Gasteiger partial charge in [0.1, 0.15) is 6.54 Å². The van der Waals surface area contributed by atoms with Crippen LogP contribution in [0, 0.1) is 5.41 Å². The molecule has 0 saturated heterocycles. The summed E-state index contributed by atoms with van der Waals surface area (Å²) in [7, 11) is 0. The second-order valence-electron chi connectivity index (χ2n) is 3.64. The number of thiazole rings is 1. The summed E-state index contributed by atoms with van der Waals surface area (Å²) in [4.78, 5) is 13.3. The number of thiophene rings is 1. The monoisotopic (exact) mass is 267 g/mol. The first-order chi connectivity index (χ1) is 8.16. The summed E-state index contributed by atoms with van der Waals surface area (Å²) in [5.74, 6) is -0.0669. The lowest BCUT2D eigenvalue weighted by molar-refractivity contribution is -0.122. The topological polar surface area (TPSA) is 57.9 Å². The van der Waals surface area contributed by atoms with Gasteiger partial charge in [-0.05, 0) is 18.4 Å². The molecule has 1 atom stereocenters. The maximum absolute atomic E-state index is 11.8. The summed E-state index contributed by atoms with van der Waals surface area (Å²) in [6, 6.07) is 4.00. The molecule has 0 saturated carbocycles. The van der Waals surface area contributed by atoms with Gasteiger partial charge < -0.3 is 9.88 Å². The van der Waals surface area contributed by atoms with E-state index in [1.807, 2.05) is 24.4 Å². The van der Waals surface area contributed by atoms with Crippen molar-refractivity contribution in [1.29, 1.82) is 5.41 Å². The highest BCUT2D eigenvalue weighted by Crippen LogP contribution is 2.17. The van der Waals surface area contributed by atoms with Crippen LogP contribution in [0.3, 0.4) is 0 Å². The number of carbonyl (C=O) groups excluding carboxylic acids is 1. The van der Waals surface area contributed by atoms with Crippen LogP contribution < -0.4 is 10.1 Å². The quantitative estimate of drug-likeness (QED) is 0.874. The molecule has 0 fully saturated rings. The SMILES string of the molecule is C[C@H](NC(=O)Cn1ccsc1=N)c1cccs1. The number of aromatic nitrogens is 1. The fraction of sp³-hybridized carbons (Fsp3) is 0.273. The van der Waals surface area contributed by atoms with Gasteiger partial charge in [-0.25, -0.2) is 0 Å². The summed E-state index contributed by atoms with van der Waals surface area (Å²) in [6.45, 7) is 2.17. The first-order valence-corrected chi connectivity index (χ1v) is 6.94. The van der Waals surface area contributed by atoms with E-state index in [1.54, 1.807) is 27.5 Å². The van der Waals surface area contributed by atoms with Crippen molar-refractivity contribution in [3.8, 4) is 0 Å². The number of nitrogens with zero attached hydrogens (tertiary/aromatic N) is 1. The van der Waals surface area contributed by atoms with Crippen LogP contribution in [0.25, 0.3) is 0 Å². The van der Waals surface area contributed by atoms with Gasteiger partial charge in [0.05, 0.1) is 6.04 Å². The van der Waals surface area contributed by atoms with Gasteiger partial charge in [-0.1, -0.05) is 6.07 Å². The molecule has 2 aromatic rings. The number of nitrogens with one attached hydrogen (secondary N) is 2. The summed E-state index contributed by atoms with van der Waals surface area (Å²) in [5, 5.41) is 14.3. The molecule has 0 spiro atoms. The Morgan fingerprint density at radius 3 is 2.94 bits per heavy atom. The Hall–Kier alpha value is -1.40. The van der Waals surface area contributed by atoms with Gasteiger partial charge in [-0.2, -0.15) is 0 Å². The van der Waals surface area contributed by atoms with Crippen molar-refractivity contribution < 1.29 is 4.79 Å². The molecule has 0 aliphatic heterocycles. The summed E-state index contributed by atoms with van der Waals surface area (Å²) >= 11 is 2.94. The molecule has 17 heavy (non-hydrogen) atoms. The van der Waals surface area contributed by atoms with Gasteiger partial charge in [0, 0.05) is 16.5 Å². The highest BCUT2D eigenvalue weighted by atomic mass is 32.1. The van der Waals surface area contributed by atoms with Crippen molar-refractivity contribution in [3.05, 3.63) is 38.8 Å². The average Bonchev–Trinajstić information content (AvgIpc) is 2.90. The van der Waals surface area contributed by atoms with Gasteiger partial charge >= 0.3 is 0 Å². The van der Waals surface area contributed by atoms with Crippen molar-refractivity contribution in [2.75, 3.05) is 0 Å². The zero-order valence-electron chi connectivity index (χ0n) is 9.34. The van der Waals surface area contributed by atoms with E-state index >= 15 is 0 Å². The van der Waals surface area contributed by atoms with Crippen molar-refractivity contribution in [2.24, 2.45) is 0 Å². The molecule has 0 bridgehead atoms. The van der Waals surface area contributed by atoms with E-state index in [4.69, 9.17) is 5.41 Å². The highest BCUT2D eigenvalue weighted by molar-refractivity contribution is 7.10. The Morgan fingerprint density at radius 2 is 2.35 bits per heavy atom. The largest absolute Gasteiger partial charge is 0.347 e. The average molecular weight is 267 g/mol. The number of rotatable bonds is 4. The Morgan fingerprint density at radius 1 is 1.53 bits per heavy atom. The lowest BCUT2D eigenvalue weighted by atomic mass is 10.3. The highest BCUT2D eigenvalue weighted by Gasteiger charge is 2.10. The molecule has 0 unspecified atom stereocenters. The van der Waals surface area contributed by atoms with E-state index in [0.717, 1.165) is 4.88 Å². The predicted molar refractivity (Wildman–Crippen MR) is 69.0 cm³/mol.